The van der Waals surface area contributed by atoms with Gasteiger partial charge in [0.15, 0.2) is 5.11 Å². The van der Waals surface area contributed by atoms with E-state index in [1.54, 1.807) is 12.3 Å². The molecule has 0 radical (unpaired) electrons. The number of methoxy groups -OCH3 is 1. The highest BCUT2D eigenvalue weighted by Gasteiger charge is 2.42. The van der Waals surface area contributed by atoms with Gasteiger partial charge in [0.25, 0.3) is 0 Å². The molecule has 206 valence electrons. The third-order valence-electron chi connectivity index (χ3n) is 7.08. The second kappa shape index (κ2) is 11.6. The van der Waals surface area contributed by atoms with Crippen molar-refractivity contribution in [2.45, 2.75) is 32.9 Å². The quantitative estimate of drug-likeness (QED) is 0.228. The van der Waals surface area contributed by atoms with Crippen LogP contribution >= 0.6 is 35.4 Å². The predicted molar refractivity (Wildman–Crippen MR) is 165 cm³/mol. The molecule has 0 bridgehead atoms. The fourth-order valence-electron chi connectivity index (χ4n) is 5.30. The Hall–Kier alpha value is -3.43. The van der Waals surface area contributed by atoms with Crippen LogP contribution in [-0.2, 0) is 9.53 Å². The van der Waals surface area contributed by atoms with Gasteiger partial charge < -0.3 is 24.8 Å². The summed E-state index contributed by atoms with van der Waals surface area (Å²) in [5, 5.41) is 7.91. The van der Waals surface area contributed by atoms with Gasteiger partial charge in [-0.2, -0.15) is 0 Å². The Morgan fingerprint density at radius 2 is 1.90 bits per heavy atom. The molecule has 1 saturated heterocycles. The lowest BCUT2D eigenvalue weighted by atomic mass is 9.96. The normalized spacial score (nSPS) is 16.8. The minimum Gasteiger partial charge on any atom is -0.375 e. The van der Waals surface area contributed by atoms with E-state index < -0.39 is 0 Å². The summed E-state index contributed by atoms with van der Waals surface area (Å²) in [6, 6.07) is 19.0. The first-order valence-corrected chi connectivity index (χ1v) is 13.9. The molecule has 10 heteroatoms. The van der Waals surface area contributed by atoms with Crippen molar-refractivity contribution in [2.24, 2.45) is 0 Å². The van der Waals surface area contributed by atoms with Crippen molar-refractivity contribution in [3.63, 3.8) is 0 Å². The van der Waals surface area contributed by atoms with Crippen molar-refractivity contribution in [1.82, 2.24) is 14.9 Å². The molecule has 0 saturated carbocycles. The molecule has 0 aliphatic carbocycles. The standard InChI is InChI=1S/C30H29Cl2N5O2S/c1-17-8-9-20(31)14-26(17)36-18(2)13-22(19(36)3)29-28(25-7-5-6-12-33-25)35-30(40)37(29)21-10-11-24(23(32)15-21)34-27(38)16-39-4/h5-15,28-29H,16H2,1-4H3,(H,34,38)(H,35,40)/t28-,29+/m0/s1. The molecule has 2 atom stereocenters. The third kappa shape index (κ3) is 5.32. The van der Waals surface area contributed by atoms with Crippen LogP contribution in [0.3, 0.4) is 0 Å². The maximum Gasteiger partial charge on any atom is 0.250 e. The van der Waals surface area contributed by atoms with Gasteiger partial charge in [0.1, 0.15) is 6.61 Å². The Labute approximate surface area is 249 Å². The molecule has 1 fully saturated rings. The van der Waals surface area contributed by atoms with E-state index in [-0.39, 0.29) is 24.6 Å². The lowest BCUT2D eigenvalue weighted by Crippen LogP contribution is -2.29. The number of nitrogens with one attached hydrogen (secondary N) is 2. The highest BCUT2D eigenvalue weighted by molar-refractivity contribution is 7.80. The molecular formula is C30H29Cl2N5O2S. The first kappa shape index (κ1) is 28.1. The number of nitrogens with zero attached hydrogens (tertiary/aromatic N) is 3. The molecule has 0 spiro atoms. The first-order valence-electron chi connectivity index (χ1n) is 12.7. The fraction of sp³-hybridized carbons (Fsp3) is 0.233. The number of amides is 1. The van der Waals surface area contributed by atoms with Crippen LogP contribution in [0.15, 0.2) is 66.9 Å². The zero-order valence-corrected chi connectivity index (χ0v) is 24.9. The Morgan fingerprint density at radius 1 is 1.10 bits per heavy atom. The van der Waals surface area contributed by atoms with E-state index >= 15 is 0 Å². The summed E-state index contributed by atoms with van der Waals surface area (Å²) in [5.41, 5.74) is 7.54. The first-order chi connectivity index (χ1) is 19.2. The van der Waals surface area contributed by atoms with Gasteiger partial charge in [0, 0.05) is 41.1 Å². The Bertz CT molecular complexity index is 1590. The number of carbonyl (C=O) groups is 1. The second-order valence-electron chi connectivity index (χ2n) is 9.73. The summed E-state index contributed by atoms with van der Waals surface area (Å²) in [5.74, 6) is -0.285. The molecule has 7 nitrogen and oxygen atoms in total. The van der Waals surface area contributed by atoms with Gasteiger partial charge in [-0.3, -0.25) is 9.78 Å². The summed E-state index contributed by atoms with van der Waals surface area (Å²) < 4.78 is 7.15. The van der Waals surface area contributed by atoms with Crippen molar-refractivity contribution in [3.05, 3.63) is 105 Å². The van der Waals surface area contributed by atoms with Crippen LogP contribution in [0.2, 0.25) is 10.0 Å². The minimum absolute atomic E-state index is 0.0617. The molecule has 4 aromatic rings. The number of benzene rings is 2. The number of rotatable bonds is 7. The Morgan fingerprint density at radius 3 is 2.60 bits per heavy atom. The van der Waals surface area contributed by atoms with Crippen molar-refractivity contribution in [2.75, 3.05) is 23.9 Å². The van der Waals surface area contributed by atoms with Gasteiger partial charge in [-0.1, -0.05) is 35.3 Å². The van der Waals surface area contributed by atoms with Crippen LogP contribution in [0.5, 0.6) is 0 Å². The smallest absolute Gasteiger partial charge is 0.250 e. The number of hydrogen-bond acceptors (Lipinski definition) is 4. The fourth-order valence-corrected chi connectivity index (χ4v) is 6.04. The highest BCUT2D eigenvalue weighted by atomic mass is 35.5. The summed E-state index contributed by atoms with van der Waals surface area (Å²) >= 11 is 19.0. The van der Waals surface area contributed by atoms with E-state index in [1.807, 2.05) is 48.5 Å². The minimum atomic E-state index is -0.285. The van der Waals surface area contributed by atoms with Crippen molar-refractivity contribution in [3.8, 4) is 5.69 Å². The van der Waals surface area contributed by atoms with E-state index in [0.717, 1.165) is 39.6 Å². The van der Waals surface area contributed by atoms with Crippen LogP contribution < -0.4 is 15.5 Å². The van der Waals surface area contributed by atoms with Gasteiger partial charge in [-0.15, -0.1) is 0 Å². The van der Waals surface area contributed by atoms with E-state index in [1.165, 1.54) is 7.11 Å². The zero-order chi connectivity index (χ0) is 28.6. The number of pyridine rings is 1. The number of aryl methyl sites for hydroxylation is 2. The molecule has 1 aliphatic heterocycles. The van der Waals surface area contributed by atoms with Crippen LogP contribution in [0, 0.1) is 20.8 Å². The number of anilines is 2. The average Bonchev–Trinajstić information content (AvgIpc) is 3.42. The number of aromatic nitrogens is 2. The molecule has 40 heavy (non-hydrogen) atoms. The van der Waals surface area contributed by atoms with Crippen LogP contribution in [0.25, 0.3) is 5.69 Å². The van der Waals surface area contributed by atoms with E-state index in [2.05, 4.69) is 51.9 Å². The predicted octanol–water partition coefficient (Wildman–Crippen LogP) is 6.87. The molecule has 1 aliphatic rings. The van der Waals surface area contributed by atoms with Gasteiger partial charge in [-0.25, -0.2) is 0 Å². The van der Waals surface area contributed by atoms with E-state index in [0.29, 0.717) is 20.8 Å². The lowest BCUT2D eigenvalue weighted by molar-refractivity contribution is -0.119. The molecule has 5 rings (SSSR count). The molecule has 3 heterocycles. The van der Waals surface area contributed by atoms with Crippen molar-refractivity contribution in [1.29, 1.82) is 0 Å². The summed E-state index contributed by atoms with van der Waals surface area (Å²) in [7, 11) is 1.47. The molecular weight excluding hydrogens is 565 g/mol. The molecule has 2 aromatic carbocycles. The largest absolute Gasteiger partial charge is 0.375 e. The van der Waals surface area contributed by atoms with Gasteiger partial charge in [0.05, 0.1) is 28.5 Å². The zero-order valence-electron chi connectivity index (χ0n) is 22.5. The van der Waals surface area contributed by atoms with E-state index in [9.17, 15) is 4.79 Å². The molecule has 0 unspecified atom stereocenters. The second-order valence-corrected chi connectivity index (χ2v) is 11.0. The monoisotopic (exact) mass is 593 g/mol. The number of ether oxygens (including phenoxy) is 1. The SMILES string of the molecule is COCC(=O)Nc1ccc(N2C(=S)N[C@@H](c3ccccn3)[C@H]2c2cc(C)n(-c3cc(Cl)ccc3C)c2C)cc1Cl. The molecule has 1 amide bonds. The van der Waals surface area contributed by atoms with Gasteiger partial charge in [-0.05, 0) is 92.6 Å². The third-order valence-corrected chi connectivity index (χ3v) is 7.94. The number of halogens is 2. The van der Waals surface area contributed by atoms with Gasteiger partial charge in [0.2, 0.25) is 5.91 Å². The topological polar surface area (TPSA) is 71.4 Å². The van der Waals surface area contributed by atoms with Crippen molar-refractivity contribution >= 4 is 57.8 Å². The summed E-state index contributed by atoms with van der Waals surface area (Å²) in [4.78, 5) is 18.8. The van der Waals surface area contributed by atoms with Crippen molar-refractivity contribution < 1.29 is 9.53 Å². The van der Waals surface area contributed by atoms with Gasteiger partial charge >= 0.3 is 0 Å². The summed E-state index contributed by atoms with van der Waals surface area (Å²) in [6.45, 7) is 6.22. The Balaban J connectivity index is 1.63. The maximum absolute atomic E-state index is 12.1. The number of hydrogen-bond donors (Lipinski definition) is 2. The summed E-state index contributed by atoms with van der Waals surface area (Å²) in [6.07, 6.45) is 1.78. The molecule has 2 N–H and O–H groups in total. The van der Waals surface area contributed by atoms with E-state index in [4.69, 9.17) is 40.2 Å². The number of thiocarbonyl (C=S) groups is 1. The maximum atomic E-state index is 12.1. The van der Waals surface area contributed by atoms with Crippen LogP contribution in [0.4, 0.5) is 11.4 Å². The number of carbonyl (C=O) groups excluding carboxylic acids is 1. The Kier molecular flexibility index (Phi) is 8.14. The average molecular weight is 595 g/mol. The lowest BCUT2D eigenvalue weighted by Gasteiger charge is -2.28. The van der Waals surface area contributed by atoms with Crippen LogP contribution in [-0.4, -0.2) is 34.3 Å². The van der Waals surface area contributed by atoms with Crippen LogP contribution in [0.1, 0.15) is 40.3 Å². The molecule has 2 aromatic heterocycles. The highest BCUT2D eigenvalue weighted by Crippen LogP contribution is 2.45.